The van der Waals surface area contributed by atoms with Crippen molar-refractivity contribution in [2.24, 2.45) is 5.92 Å². The number of hydrogen-bond donors (Lipinski definition) is 0. The summed E-state index contributed by atoms with van der Waals surface area (Å²) < 4.78 is 12.5. The number of hydrogen-bond acceptors (Lipinski definition) is 3. The fraction of sp³-hybridized carbons (Fsp3) is 0.957. The standard InChI is InChI=1S/C23H44O3Si2/c1-5-6-7-12-17-28(21-13-8-9-14-21,22-15-10-11-16-22)26-23(24)20(4)18-27-25-19(2)3/h19-22H,5-18H2,1-4H3. The zero-order valence-corrected chi connectivity index (χ0v) is 20.9. The molecule has 0 bridgehead atoms. The van der Waals surface area contributed by atoms with Gasteiger partial charge in [-0.15, -0.1) is 0 Å². The molecule has 2 rings (SSSR count). The summed E-state index contributed by atoms with van der Waals surface area (Å²) in [4.78, 5) is 13.2. The first-order valence-corrected chi connectivity index (χ1v) is 15.5. The van der Waals surface area contributed by atoms with Crippen LogP contribution in [0.2, 0.25) is 23.2 Å². The van der Waals surface area contributed by atoms with Gasteiger partial charge in [-0.1, -0.05) is 65.2 Å². The van der Waals surface area contributed by atoms with Gasteiger partial charge in [0, 0.05) is 6.10 Å². The third-order valence-corrected chi connectivity index (χ3v) is 14.0. The van der Waals surface area contributed by atoms with Gasteiger partial charge in [-0.2, -0.15) is 0 Å². The number of carbonyl (C=O) groups excluding carboxylic acids is 1. The van der Waals surface area contributed by atoms with Gasteiger partial charge in [-0.3, -0.25) is 4.79 Å². The number of rotatable bonds is 13. The van der Waals surface area contributed by atoms with E-state index in [0.717, 1.165) is 17.1 Å². The smallest absolute Gasteiger partial charge is 0.295 e. The summed E-state index contributed by atoms with van der Waals surface area (Å²) in [5, 5.41) is 0. The van der Waals surface area contributed by atoms with Crippen molar-refractivity contribution in [1.82, 2.24) is 0 Å². The molecule has 0 saturated heterocycles. The van der Waals surface area contributed by atoms with Crippen LogP contribution >= 0.6 is 0 Å². The summed E-state index contributed by atoms with van der Waals surface area (Å²) in [5.74, 6) is 0.0724. The average molecular weight is 425 g/mol. The molecule has 2 fully saturated rings. The van der Waals surface area contributed by atoms with Crippen LogP contribution in [-0.4, -0.2) is 30.2 Å². The Bertz CT molecular complexity index is 427. The molecule has 0 aromatic heterocycles. The highest BCUT2D eigenvalue weighted by Crippen LogP contribution is 2.53. The van der Waals surface area contributed by atoms with E-state index in [4.69, 9.17) is 8.85 Å². The van der Waals surface area contributed by atoms with Gasteiger partial charge in [-0.25, -0.2) is 0 Å². The molecule has 3 nitrogen and oxygen atoms in total. The number of carbonyl (C=O) groups is 1. The molecule has 0 amide bonds. The lowest BCUT2D eigenvalue weighted by Crippen LogP contribution is -2.49. The highest BCUT2D eigenvalue weighted by atomic mass is 28.4. The van der Waals surface area contributed by atoms with Gasteiger partial charge >= 0.3 is 0 Å². The van der Waals surface area contributed by atoms with E-state index in [-0.39, 0.29) is 18.0 Å². The largest absolute Gasteiger partial charge is 0.518 e. The molecule has 2 aliphatic carbocycles. The Labute approximate surface area is 177 Å². The van der Waals surface area contributed by atoms with Crippen LogP contribution < -0.4 is 0 Å². The lowest BCUT2D eigenvalue weighted by molar-refractivity contribution is -0.139. The minimum atomic E-state index is -2.05. The van der Waals surface area contributed by atoms with Crippen LogP contribution in [0.3, 0.4) is 0 Å². The van der Waals surface area contributed by atoms with Crippen molar-refractivity contribution < 1.29 is 13.6 Å². The summed E-state index contributed by atoms with van der Waals surface area (Å²) in [7, 11) is -1.65. The zero-order valence-electron chi connectivity index (χ0n) is 18.9. The molecule has 2 saturated carbocycles. The molecule has 0 spiro atoms. The Kier molecular flexibility index (Phi) is 10.8. The minimum absolute atomic E-state index is 0.0255. The van der Waals surface area contributed by atoms with E-state index in [2.05, 4.69) is 27.7 Å². The second-order valence-corrected chi connectivity index (χ2v) is 14.7. The minimum Gasteiger partial charge on any atom is -0.518 e. The molecule has 2 radical (unpaired) electrons. The van der Waals surface area contributed by atoms with Gasteiger partial charge in [-0.05, 0) is 62.7 Å². The summed E-state index contributed by atoms with van der Waals surface area (Å²) in [6, 6.07) is 2.04. The van der Waals surface area contributed by atoms with Crippen molar-refractivity contribution in [3.05, 3.63) is 0 Å². The molecule has 1 unspecified atom stereocenters. The van der Waals surface area contributed by atoms with Crippen molar-refractivity contribution in [3.63, 3.8) is 0 Å². The van der Waals surface area contributed by atoms with Gasteiger partial charge in [0.25, 0.3) is 14.3 Å². The van der Waals surface area contributed by atoms with Gasteiger partial charge in [0.15, 0.2) is 0 Å². The normalized spacial score (nSPS) is 20.2. The lowest BCUT2D eigenvalue weighted by Gasteiger charge is -2.41. The van der Waals surface area contributed by atoms with Crippen LogP contribution in [0.25, 0.3) is 0 Å². The highest BCUT2D eigenvalue weighted by Gasteiger charge is 2.53. The van der Waals surface area contributed by atoms with Gasteiger partial charge in [0.1, 0.15) is 0 Å². The molecular formula is C23H44O3Si2. The van der Waals surface area contributed by atoms with Gasteiger partial charge in [0.05, 0.1) is 5.92 Å². The fourth-order valence-electron chi connectivity index (χ4n) is 5.33. The Morgan fingerprint density at radius 1 is 0.964 bits per heavy atom. The van der Waals surface area contributed by atoms with E-state index in [1.807, 2.05) is 0 Å². The van der Waals surface area contributed by atoms with Crippen LogP contribution in [0.15, 0.2) is 0 Å². The monoisotopic (exact) mass is 424 g/mol. The van der Waals surface area contributed by atoms with Crippen LogP contribution in [0.4, 0.5) is 0 Å². The molecule has 0 aliphatic heterocycles. The predicted molar refractivity (Wildman–Crippen MR) is 121 cm³/mol. The van der Waals surface area contributed by atoms with Crippen LogP contribution in [0.5, 0.6) is 0 Å². The van der Waals surface area contributed by atoms with Crippen molar-refractivity contribution in [2.45, 2.75) is 134 Å². The van der Waals surface area contributed by atoms with Crippen molar-refractivity contribution in [2.75, 3.05) is 0 Å². The second kappa shape index (κ2) is 12.5. The van der Waals surface area contributed by atoms with Crippen molar-refractivity contribution in [1.29, 1.82) is 0 Å². The van der Waals surface area contributed by atoms with E-state index >= 15 is 0 Å². The maximum absolute atomic E-state index is 13.2. The SMILES string of the molecule is CCCCCC[Si](OC(=O)C(C)C[Si]OC(C)C)(C1CCCC1)C1CCCC1. The van der Waals surface area contributed by atoms with Crippen molar-refractivity contribution >= 4 is 24.0 Å². The molecular weight excluding hydrogens is 380 g/mol. The van der Waals surface area contributed by atoms with Crippen molar-refractivity contribution in [3.8, 4) is 0 Å². The maximum atomic E-state index is 13.2. The van der Waals surface area contributed by atoms with E-state index in [0.29, 0.717) is 9.76 Å². The summed E-state index contributed by atoms with van der Waals surface area (Å²) in [6.45, 7) is 8.45. The Morgan fingerprint density at radius 3 is 2.04 bits per heavy atom. The molecule has 1 atom stereocenters. The first kappa shape index (κ1) is 24.1. The molecule has 0 aromatic rings. The molecule has 0 heterocycles. The molecule has 28 heavy (non-hydrogen) atoms. The van der Waals surface area contributed by atoms with Crippen LogP contribution in [-0.2, 0) is 13.6 Å². The Hall–Kier alpha value is -0.136. The van der Waals surface area contributed by atoms with E-state index < -0.39 is 8.32 Å². The predicted octanol–water partition coefficient (Wildman–Crippen LogP) is 7.04. The molecule has 162 valence electrons. The average Bonchev–Trinajstić information content (AvgIpc) is 3.38. The number of unbranched alkanes of at least 4 members (excludes halogenated alkanes) is 3. The Morgan fingerprint density at radius 2 is 1.54 bits per heavy atom. The van der Waals surface area contributed by atoms with Crippen LogP contribution in [0, 0.1) is 5.92 Å². The van der Waals surface area contributed by atoms with Gasteiger partial charge in [0.2, 0.25) is 9.76 Å². The topological polar surface area (TPSA) is 35.5 Å². The second-order valence-electron chi connectivity index (χ2n) is 9.57. The molecule has 0 N–H and O–H groups in total. The summed E-state index contributed by atoms with van der Waals surface area (Å²) >= 11 is 0. The molecule has 2 aliphatic rings. The summed E-state index contributed by atoms with van der Waals surface area (Å²) in [6.07, 6.45) is 16.1. The van der Waals surface area contributed by atoms with Crippen LogP contribution in [0.1, 0.15) is 105 Å². The van der Waals surface area contributed by atoms with E-state index in [9.17, 15) is 4.79 Å². The molecule has 5 heteroatoms. The Balaban J connectivity index is 2.09. The summed E-state index contributed by atoms with van der Waals surface area (Å²) in [5.41, 5.74) is 1.45. The maximum Gasteiger partial charge on any atom is 0.295 e. The third kappa shape index (κ3) is 6.98. The quantitative estimate of drug-likeness (QED) is 0.235. The molecule has 0 aromatic carbocycles. The van der Waals surface area contributed by atoms with E-state index in [1.165, 1.54) is 83.1 Å². The van der Waals surface area contributed by atoms with Gasteiger partial charge < -0.3 is 8.85 Å². The zero-order chi connectivity index (χ0) is 20.4. The lowest BCUT2D eigenvalue weighted by atomic mass is 10.2. The highest BCUT2D eigenvalue weighted by molar-refractivity contribution is 6.78. The third-order valence-electron chi connectivity index (χ3n) is 6.92. The fourth-order valence-corrected chi connectivity index (χ4v) is 12.2. The first-order valence-electron chi connectivity index (χ1n) is 12.1. The first-order chi connectivity index (χ1) is 13.5. The van der Waals surface area contributed by atoms with E-state index in [1.54, 1.807) is 0 Å².